The second kappa shape index (κ2) is 9.91. The molecular weight excluding hydrogens is 450 g/mol. The van der Waals surface area contributed by atoms with E-state index < -0.39 is 0 Å². The first-order valence-corrected chi connectivity index (χ1v) is 13.1. The molecule has 1 amide bonds. The predicted octanol–water partition coefficient (Wildman–Crippen LogP) is 2.87. The Labute approximate surface area is 203 Å². The van der Waals surface area contributed by atoms with Crippen molar-refractivity contribution in [1.82, 2.24) is 45.2 Å². The van der Waals surface area contributed by atoms with Gasteiger partial charge in [0, 0.05) is 35.5 Å². The fraction of sp³-hybridized carbons (Fsp3) is 0.652. The van der Waals surface area contributed by atoms with Crippen LogP contribution in [0.5, 0.6) is 0 Å². The lowest BCUT2D eigenvalue weighted by Gasteiger charge is -2.40. The molecule has 3 aromatic heterocycles. The zero-order chi connectivity index (χ0) is 23.7. The van der Waals surface area contributed by atoms with Crippen LogP contribution in [0.1, 0.15) is 80.5 Å². The van der Waals surface area contributed by atoms with Gasteiger partial charge in [-0.05, 0) is 60.9 Å². The molecule has 4 atom stereocenters. The van der Waals surface area contributed by atoms with E-state index in [1.807, 2.05) is 6.07 Å². The summed E-state index contributed by atoms with van der Waals surface area (Å²) >= 11 is 1.69. The van der Waals surface area contributed by atoms with Crippen molar-refractivity contribution in [2.75, 3.05) is 6.54 Å². The van der Waals surface area contributed by atoms with Crippen molar-refractivity contribution in [2.45, 2.75) is 89.5 Å². The van der Waals surface area contributed by atoms with Crippen molar-refractivity contribution < 1.29 is 4.79 Å². The molecule has 1 N–H and O–H groups in total. The van der Waals surface area contributed by atoms with Crippen molar-refractivity contribution in [2.24, 2.45) is 0 Å². The third kappa shape index (κ3) is 4.76. The number of thiophene rings is 1. The smallest absolute Gasteiger partial charge is 0.242 e. The van der Waals surface area contributed by atoms with Gasteiger partial charge < -0.3 is 9.88 Å². The van der Waals surface area contributed by atoms with Gasteiger partial charge in [0.05, 0.1) is 6.04 Å². The summed E-state index contributed by atoms with van der Waals surface area (Å²) in [6.45, 7) is 7.58. The fourth-order valence-electron chi connectivity index (χ4n) is 5.75. The average molecular weight is 484 g/mol. The number of hydrogen-bond acceptors (Lipinski definition) is 8. The van der Waals surface area contributed by atoms with Crippen LogP contribution in [0.25, 0.3) is 0 Å². The van der Waals surface area contributed by atoms with Crippen LogP contribution < -0.4 is 5.32 Å². The van der Waals surface area contributed by atoms with E-state index in [0.717, 1.165) is 37.5 Å². The predicted molar refractivity (Wildman–Crippen MR) is 128 cm³/mol. The van der Waals surface area contributed by atoms with Crippen molar-refractivity contribution in [3.8, 4) is 0 Å². The fourth-order valence-corrected chi connectivity index (χ4v) is 6.56. The first kappa shape index (κ1) is 23.1. The SMILES string of the molecule is Cc1nnc(C(C)C)n1C1C[C@H]2CC[C@@H](C1)N2CC[C@H](NC(=O)Cn1cnnn1)c1cccs1. The number of amides is 1. The summed E-state index contributed by atoms with van der Waals surface area (Å²) in [6, 6.07) is 5.77. The minimum atomic E-state index is -0.0725. The highest BCUT2D eigenvalue weighted by atomic mass is 32.1. The molecule has 2 bridgehead atoms. The Morgan fingerprint density at radius 3 is 2.65 bits per heavy atom. The van der Waals surface area contributed by atoms with Gasteiger partial charge in [0.1, 0.15) is 24.5 Å². The lowest BCUT2D eigenvalue weighted by molar-refractivity contribution is -0.122. The van der Waals surface area contributed by atoms with Crippen LogP contribution >= 0.6 is 11.3 Å². The zero-order valence-corrected chi connectivity index (χ0v) is 20.9. The van der Waals surface area contributed by atoms with Gasteiger partial charge >= 0.3 is 0 Å². The maximum Gasteiger partial charge on any atom is 0.242 e. The second-order valence-corrected chi connectivity index (χ2v) is 10.8. The molecule has 10 nitrogen and oxygen atoms in total. The third-order valence-corrected chi connectivity index (χ3v) is 8.21. The molecule has 0 saturated carbocycles. The molecule has 11 heteroatoms. The van der Waals surface area contributed by atoms with Crippen molar-refractivity contribution >= 4 is 17.2 Å². The Hall–Kier alpha value is -2.66. The van der Waals surface area contributed by atoms with Crippen LogP contribution in [-0.4, -0.2) is 64.4 Å². The van der Waals surface area contributed by atoms with Crippen molar-refractivity contribution in [3.05, 3.63) is 40.4 Å². The maximum atomic E-state index is 12.7. The molecule has 0 radical (unpaired) electrons. The summed E-state index contributed by atoms with van der Waals surface area (Å²) in [4.78, 5) is 16.5. The lowest BCUT2D eigenvalue weighted by atomic mass is 9.95. The number of rotatable bonds is 9. The van der Waals surface area contributed by atoms with Crippen molar-refractivity contribution in [1.29, 1.82) is 0 Å². The Morgan fingerprint density at radius 2 is 2.00 bits per heavy atom. The Bertz CT molecular complexity index is 1060. The highest BCUT2D eigenvalue weighted by Gasteiger charge is 2.42. The van der Waals surface area contributed by atoms with Gasteiger partial charge in [0.25, 0.3) is 0 Å². The van der Waals surface area contributed by atoms with Gasteiger partial charge in [-0.15, -0.1) is 26.6 Å². The summed E-state index contributed by atoms with van der Waals surface area (Å²) in [6.07, 6.45) is 7.13. The molecule has 1 unspecified atom stereocenters. The Kier molecular flexibility index (Phi) is 6.73. The molecule has 5 heterocycles. The highest BCUT2D eigenvalue weighted by Crippen LogP contribution is 2.42. The average Bonchev–Trinajstić information content (AvgIpc) is 3.60. The summed E-state index contributed by atoms with van der Waals surface area (Å²) in [5.41, 5.74) is 0. The summed E-state index contributed by atoms with van der Waals surface area (Å²) in [5, 5.41) is 25.2. The molecule has 34 heavy (non-hydrogen) atoms. The normalized spacial score (nSPS) is 23.5. The first-order chi connectivity index (χ1) is 16.5. The van der Waals surface area contributed by atoms with Crippen molar-refractivity contribution in [3.63, 3.8) is 0 Å². The minimum Gasteiger partial charge on any atom is -0.347 e. The second-order valence-electron chi connectivity index (χ2n) is 9.81. The first-order valence-electron chi connectivity index (χ1n) is 12.2. The Balaban J connectivity index is 1.23. The Morgan fingerprint density at radius 1 is 1.21 bits per heavy atom. The number of nitrogens with zero attached hydrogens (tertiary/aromatic N) is 8. The largest absolute Gasteiger partial charge is 0.347 e. The summed E-state index contributed by atoms with van der Waals surface area (Å²) in [5.74, 6) is 2.44. The van der Waals surface area contributed by atoms with E-state index in [-0.39, 0.29) is 18.5 Å². The maximum absolute atomic E-state index is 12.7. The van der Waals surface area contributed by atoms with Gasteiger partial charge in [0.2, 0.25) is 5.91 Å². The quantitative estimate of drug-likeness (QED) is 0.499. The van der Waals surface area contributed by atoms with Crippen LogP contribution in [0.4, 0.5) is 0 Å². The monoisotopic (exact) mass is 483 g/mol. The number of aryl methyl sites for hydroxylation is 1. The molecule has 182 valence electrons. The number of carbonyl (C=O) groups is 1. The van der Waals surface area contributed by atoms with Crippen LogP contribution in [0.3, 0.4) is 0 Å². The number of piperidine rings is 1. The number of tetrazole rings is 1. The number of aromatic nitrogens is 7. The molecule has 2 fully saturated rings. The van der Waals surface area contributed by atoms with E-state index in [2.05, 4.69) is 72.7 Å². The highest BCUT2D eigenvalue weighted by molar-refractivity contribution is 7.10. The van der Waals surface area contributed by atoms with Crippen LogP contribution in [0.15, 0.2) is 23.8 Å². The minimum absolute atomic E-state index is 0.00580. The molecule has 5 rings (SSSR count). The summed E-state index contributed by atoms with van der Waals surface area (Å²) < 4.78 is 3.85. The van der Waals surface area contributed by atoms with Gasteiger partial charge in [0.15, 0.2) is 0 Å². The molecule has 2 aliphatic rings. The van der Waals surface area contributed by atoms with Crippen LogP contribution in [-0.2, 0) is 11.3 Å². The van der Waals surface area contributed by atoms with Crippen LogP contribution in [0, 0.1) is 6.92 Å². The topological polar surface area (TPSA) is 107 Å². The van der Waals surface area contributed by atoms with E-state index in [1.165, 1.54) is 28.7 Å². The van der Waals surface area contributed by atoms with Gasteiger partial charge in [-0.3, -0.25) is 9.69 Å². The number of hydrogen-bond donors (Lipinski definition) is 1. The standard InChI is InChI=1S/C23H33N9OS/c1-15(2)23-27-26-16(3)32(23)19-11-17-6-7-18(12-19)31(17)9-8-20(21-5-4-10-34-21)25-22(33)13-30-14-24-28-29-30/h4-5,10,14-15,17-20H,6-9,11-13H2,1-3H3,(H,25,33)/t17-,18+,19?,20-/m0/s1. The lowest BCUT2D eigenvalue weighted by Crippen LogP contribution is -2.45. The van der Waals surface area contributed by atoms with Gasteiger partial charge in [-0.25, -0.2) is 4.68 Å². The van der Waals surface area contributed by atoms with E-state index in [1.54, 1.807) is 11.3 Å². The molecular formula is C23H33N9OS. The molecule has 2 saturated heterocycles. The number of nitrogens with one attached hydrogen (secondary N) is 1. The zero-order valence-electron chi connectivity index (χ0n) is 20.0. The van der Waals surface area contributed by atoms with Gasteiger partial charge in [-0.2, -0.15) is 0 Å². The van der Waals surface area contributed by atoms with E-state index in [4.69, 9.17) is 0 Å². The van der Waals surface area contributed by atoms with Crippen LogP contribution in [0.2, 0.25) is 0 Å². The molecule has 0 aliphatic carbocycles. The molecule has 0 spiro atoms. The van der Waals surface area contributed by atoms with E-state index >= 15 is 0 Å². The van der Waals surface area contributed by atoms with E-state index in [9.17, 15) is 4.79 Å². The third-order valence-electron chi connectivity index (χ3n) is 7.23. The molecule has 0 aromatic carbocycles. The van der Waals surface area contributed by atoms with Gasteiger partial charge in [-0.1, -0.05) is 19.9 Å². The molecule has 3 aromatic rings. The molecule has 2 aliphatic heterocycles. The summed E-state index contributed by atoms with van der Waals surface area (Å²) in [7, 11) is 0. The number of carbonyl (C=O) groups excluding carboxylic acids is 1. The van der Waals surface area contributed by atoms with E-state index in [0.29, 0.717) is 24.0 Å². The number of fused-ring (bicyclic) bond motifs is 2.